The zero-order chi connectivity index (χ0) is 17.1. The van der Waals surface area contributed by atoms with Gasteiger partial charge in [0, 0.05) is 0 Å². The molecule has 0 fully saturated rings. The van der Waals surface area contributed by atoms with Crippen molar-refractivity contribution >= 4 is 11.0 Å². The molecule has 0 atom stereocenters. The van der Waals surface area contributed by atoms with Crippen molar-refractivity contribution in [3.8, 4) is 17.2 Å². The van der Waals surface area contributed by atoms with E-state index in [9.17, 15) is 4.79 Å². The van der Waals surface area contributed by atoms with Crippen LogP contribution in [0.15, 0.2) is 27.4 Å². The van der Waals surface area contributed by atoms with E-state index in [0.29, 0.717) is 22.5 Å². The Morgan fingerprint density at radius 1 is 0.826 bits per heavy atom. The molecule has 23 heavy (non-hydrogen) atoms. The molecule has 0 spiro atoms. The molecule has 0 aliphatic rings. The lowest BCUT2D eigenvalue weighted by Gasteiger charge is -2.18. The lowest BCUT2D eigenvalue weighted by molar-refractivity contribution is 0.192. The number of benzene rings is 1. The third-order valence-corrected chi connectivity index (χ3v) is 2.88. The van der Waals surface area contributed by atoms with Gasteiger partial charge in [-0.25, -0.2) is 4.79 Å². The Labute approximate surface area is 136 Å². The van der Waals surface area contributed by atoms with Gasteiger partial charge in [0.05, 0.1) is 23.7 Å². The number of hydrogen-bond acceptors (Lipinski definition) is 5. The molecular weight excluding hydrogens is 296 g/mol. The molecule has 5 heteroatoms. The van der Waals surface area contributed by atoms with Crippen molar-refractivity contribution in [1.82, 2.24) is 0 Å². The maximum atomic E-state index is 12.4. The molecule has 0 radical (unpaired) electrons. The summed E-state index contributed by atoms with van der Waals surface area (Å²) in [5.74, 6) is 1.01. The molecule has 0 amide bonds. The normalized spacial score (nSPS) is 11.5. The van der Waals surface area contributed by atoms with Crippen molar-refractivity contribution in [1.29, 1.82) is 0 Å². The Morgan fingerprint density at radius 3 is 1.96 bits per heavy atom. The number of fused-ring (bicyclic) bond motifs is 1. The second kappa shape index (κ2) is 6.94. The minimum atomic E-state index is -0.568. The van der Waals surface area contributed by atoms with Crippen LogP contribution in [0.3, 0.4) is 0 Å². The largest absolute Gasteiger partial charge is 0.487 e. The fourth-order valence-electron chi connectivity index (χ4n) is 2.19. The van der Waals surface area contributed by atoms with E-state index in [0.717, 1.165) is 0 Å². The van der Waals surface area contributed by atoms with E-state index in [1.54, 1.807) is 6.07 Å². The zero-order valence-electron chi connectivity index (χ0n) is 14.5. The minimum Gasteiger partial charge on any atom is -0.487 e. The molecule has 0 saturated heterocycles. The summed E-state index contributed by atoms with van der Waals surface area (Å²) in [5.41, 5.74) is -0.195. The van der Waals surface area contributed by atoms with Crippen molar-refractivity contribution in [2.45, 2.75) is 59.9 Å². The molecule has 5 nitrogen and oxygen atoms in total. The molecular formula is C18H24O5. The molecule has 2 rings (SSSR count). The first-order valence-electron chi connectivity index (χ1n) is 7.89. The summed E-state index contributed by atoms with van der Waals surface area (Å²) < 4.78 is 22.7. The fourth-order valence-corrected chi connectivity index (χ4v) is 2.19. The fraction of sp³-hybridized carbons (Fsp3) is 0.500. The van der Waals surface area contributed by atoms with E-state index >= 15 is 0 Å². The Hall–Kier alpha value is -2.17. The van der Waals surface area contributed by atoms with Crippen molar-refractivity contribution in [3.05, 3.63) is 28.6 Å². The molecule has 1 aromatic heterocycles. The highest BCUT2D eigenvalue weighted by molar-refractivity contribution is 5.89. The van der Waals surface area contributed by atoms with Gasteiger partial charge in [-0.2, -0.15) is 0 Å². The summed E-state index contributed by atoms with van der Waals surface area (Å²) in [4.78, 5) is 12.4. The van der Waals surface area contributed by atoms with Crippen LogP contribution >= 0.6 is 0 Å². The quantitative estimate of drug-likeness (QED) is 0.748. The second-order valence-corrected chi connectivity index (χ2v) is 6.18. The van der Waals surface area contributed by atoms with Gasteiger partial charge in [-0.05, 0) is 53.7 Å². The van der Waals surface area contributed by atoms with Crippen LogP contribution in [0, 0.1) is 0 Å². The van der Waals surface area contributed by atoms with Crippen LogP contribution in [-0.2, 0) is 0 Å². The van der Waals surface area contributed by atoms with E-state index in [1.807, 2.05) is 53.7 Å². The maximum Gasteiger partial charge on any atom is 0.383 e. The summed E-state index contributed by atoms with van der Waals surface area (Å²) >= 11 is 0. The van der Waals surface area contributed by atoms with Crippen LogP contribution in [-0.4, -0.2) is 18.3 Å². The highest BCUT2D eigenvalue weighted by atomic mass is 16.5. The van der Waals surface area contributed by atoms with Gasteiger partial charge in [-0.15, -0.1) is 0 Å². The molecule has 2 aromatic rings. The van der Waals surface area contributed by atoms with Crippen molar-refractivity contribution in [2.24, 2.45) is 0 Å². The molecule has 0 saturated carbocycles. The molecule has 1 aromatic carbocycles. The summed E-state index contributed by atoms with van der Waals surface area (Å²) in [5, 5.41) is 0.659. The van der Waals surface area contributed by atoms with Crippen LogP contribution in [0.4, 0.5) is 0 Å². The summed E-state index contributed by atoms with van der Waals surface area (Å²) in [7, 11) is 0. The van der Waals surface area contributed by atoms with Gasteiger partial charge in [0.1, 0.15) is 0 Å². The molecule has 1 heterocycles. The first-order valence-corrected chi connectivity index (χ1v) is 7.89. The molecule has 0 N–H and O–H groups in total. The van der Waals surface area contributed by atoms with Crippen LogP contribution in [0.2, 0.25) is 0 Å². The van der Waals surface area contributed by atoms with E-state index in [1.165, 1.54) is 0 Å². The monoisotopic (exact) mass is 320 g/mol. The van der Waals surface area contributed by atoms with Gasteiger partial charge in [0.15, 0.2) is 17.1 Å². The van der Waals surface area contributed by atoms with Gasteiger partial charge in [0.25, 0.3) is 0 Å². The number of para-hydroxylation sites is 1. The Kier molecular flexibility index (Phi) is 5.19. The maximum absolute atomic E-state index is 12.4. The smallest absolute Gasteiger partial charge is 0.383 e. The van der Waals surface area contributed by atoms with Crippen LogP contribution in [0.5, 0.6) is 17.2 Å². The second-order valence-electron chi connectivity index (χ2n) is 6.18. The molecule has 0 bridgehead atoms. The van der Waals surface area contributed by atoms with Crippen molar-refractivity contribution in [2.75, 3.05) is 0 Å². The minimum absolute atomic E-state index is 0.0352. The van der Waals surface area contributed by atoms with E-state index < -0.39 is 5.63 Å². The van der Waals surface area contributed by atoms with Crippen molar-refractivity contribution < 1.29 is 18.6 Å². The Morgan fingerprint density at radius 2 is 1.39 bits per heavy atom. The van der Waals surface area contributed by atoms with Gasteiger partial charge in [0.2, 0.25) is 5.75 Å². The Bertz CT molecular complexity index is 728. The van der Waals surface area contributed by atoms with Gasteiger partial charge in [-0.1, -0.05) is 6.07 Å². The lowest BCUT2D eigenvalue weighted by Crippen LogP contribution is -2.17. The molecule has 0 aliphatic carbocycles. The Balaban J connectivity index is 2.73. The summed E-state index contributed by atoms with van der Waals surface area (Å²) in [6, 6.07) is 5.44. The summed E-state index contributed by atoms with van der Waals surface area (Å²) in [6.45, 7) is 11.3. The van der Waals surface area contributed by atoms with Crippen molar-refractivity contribution in [3.63, 3.8) is 0 Å². The van der Waals surface area contributed by atoms with Gasteiger partial charge in [-0.3, -0.25) is 0 Å². The first kappa shape index (κ1) is 17.2. The SMILES string of the molecule is CC(C)Oc1c(OC(C)C)c2cccc(OC(C)C)c2oc1=O. The highest BCUT2D eigenvalue weighted by Crippen LogP contribution is 2.38. The zero-order valence-corrected chi connectivity index (χ0v) is 14.5. The lowest BCUT2D eigenvalue weighted by atomic mass is 10.2. The molecule has 0 unspecified atom stereocenters. The van der Waals surface area contributed by atoms with Gasteiger partial charge >= 0.3 is 5.63 Å². The predicted octanol–water partition coefficient (Wildman–Crippen LogP) is 4.15. The third-order valence-electron chi connectivity index (χ3n) is 2.88. The van der Waals surface area contributed by atoms with E-state index in [-0.39, 0.29) is 24.1 Å². The van der Waals surface area contributed by atoms with E-state index in [4.69, 9.17) is 18.6 Å². The standard InChI is InChI=1S/C18H24O5/c1-10(2)20-14-9-7-8-13-15(14)23-18(19)17(22-12(5)6)16(13)21-11(3)4/h7-12H,1-6H3. The van der Waals surface area contributed by atoms with E-state index in [2.05, 4.69) is 0 Å². The first-order chi connectivity index (χ1) is 10.8. The predicted molar refractivity (Wildman–Crippen MR) is 89.8 cm³/mol. The average Bonchev–Trinajstić information content (AvgIpc) is 2.42. The average molecular weight is 320 g/mol. The van der Waals surface area contributed by atoms with Crippen LogP contribution in [0.1, 0.15) is 41.5 Å². The highest BCUT2D eigenvalue weighted by Gasteiger charge is 2.22. The number of ether oxygens (including phenoxy) is 3. The molecule has 0 aliphatic heterocycles. The number of hydrogen-bond donors (Lipinski definition) is 0. The number of rotatable bonds is 6. The topological polar surface area (TPSA) is 57.9 Å². The van der Waals surface area contributed by atoms with Crippen LogP contribution < -0.4 is 19.8 Å². The third kappa shape index (κ3) is 3.97. The molecule has 126 valence electrons. The van der Waals surface area contributed by atoms with Crippen LogP contribution in [0.25, 0.3) is 11.0 Å². The van der Waals surface area contributed by atoms with Gasteiger partial charge < -0.3 is 18.6 Å². The summed E-state index contributed by atoms with van der Waals surface area (Å²) in [6.07, 6.45) is -0.309.